The summed E-state index contributed by atoms with van der Waals surface area (Å²) in [5.74, 6) is 0.812. The Hall–Kier alpha value is -0.810. The molecule has 0 aliphatic carbocycles. The topological polar surface area (TPSA) is 35.0 Å². The van der Waals surface area contributed by atoms with Crippen molar-refractivity contribution in [3.8, 4) is 5.75 Å². The molecule has 0 amide bonds. The second-order valence-corrected chi connectivity index (χ2v) is 6.84. The van der Waals surface area contributed by atoms with E-state index in [9.17, 15) is 0 Å². The highest BCUT2D eigenvalue weighted by molar-refractivity contribution is 7.13. The van der Waals surface area contributed by atoms with E-state index in [0.29, 0.717) is 10.0 Å². The van der Waals surface area contributed by atoms with Crippen LogP contribution < -0.4 is 4.74 Å². The average molecular weight is 336 g/mol. The van der Waals surface area contributed by atoms with E-state index in [1.54, 1.807) is 7.11 Å². The van der Waals surface area contributed by atoms with E-state index in [4.69, 9.17) is 39.5 Å². The van der Waals surface area contributed by atoms with Crippen molar-refractivity contribution in [3.05, 3.63) is 39.8 Å². The number of benzene rings is 1. The number of alkyl halides is 3. The lowest BCUT2D eigenvalue weighted by molar-refractivity contribution is 0.415. The van der Waals surface area contributed by atoms with Crippen LogP contribution >= 0.6 is 46.1 Å². The van der Waals surface area contributed by atoms with Crippen LogP contribution in [0.5, 0.6) is 5.75 Å². The standard InChI is InChI=1S/C12H9Cl3N2OS/c1-18-9-5-2-8(3-6-9)4-7-10-16-17-11(19-10)12(13,14)15/h2-7H,1H3. The summed E-state index contributed by atoms with van der Waals surface area (Å²) >= 11 is 18.4. The summed E-state index contributed by atoms with van der Waals surface area (Å²) in [5, 5.41) is 8.80. The van der Waals surface area contributed by atoms with Gasteiger partial charge in [0.1, 0.15) is 10.8 Å². The van der Waals surface area contributed by atoms with Crippen LogP contribution in [-0.2, 0) is 3.79 Å². The van der Waals surface area contributed by atoms with Crippen molar-refractivity contribution in [1.29, 1.82) is 0 Å². The van der Waals surface area contributed by atoms with Crippen LogP contribution in [0.4, 0.5) is 0 Å². The van der Waals surface area contributed by atoms with Crippen LogP contribution in [0.2, 0.25) is 0 Å². The molecule has 19 heavy (non-hydrogen) atoms. The summed E-state index contributed by atoms with van der Waals surface area (Å²) in [4.78, 5) is 0. The van der Waals surface area contributed by atoms with E-state index < -0.39 is 3.79 Å². The Labute approximate surface area is 129 Å². The number of halogens is 3. The number of aromatic nitrogens is 2. The monoisotopic (exact) mass is 334 g/mol. The van der Waals surface area contributed by atoms with Gasteiger partial charge < -0.3 is 4.74 Å². The van der Waals surface area contributed by atoms with Crippen molar-refractivity contribution >= 4 is 58.3 Å². The predicted octanol–water partition coefficient (Wildman–Crippen LogP) is 4.54. The highest BCUT2D eigenvalue weighted by atomic mass is 35.6. The maximum Gasteiger partial charge on any atom is 0.243 e. The number of ether oxygens (including phenoxy) is 1. The second-order valence-electron chi connectivity index (χ2n) is 3.55. The van der Waals surface area contributed by atoms with E-state index in [1.807, 2.05) is 36.4 Å². The van der Waals surface area contributed by atoms with Crippen LogP contribution in [0, 0.1) is 0 Å². The van der Waals surface area contributed by atoms with Crippen LogP contribution in [0.3, 0.4) is 0 Å². The van der Waals surface area contributed by atoms with Gasteiger partial charge in [0.2, 0.25) is 3.79 Å². The number of nitrogens with zero attached hydrogens (tertiary/aromatic N) is 2. The zero-order chi connectivity index (χ0) is 13.9. The summed E-state index contributed by atoms with van der Waals surface area (Å²) in [6.45, 7) is 0. The lowest BCUT2D eigenvalue weighted by Gasteiger charge is -2.02. The lowest BCUT2D eigenvalue weighted by Crippen LogP contribution is -1.98. The summed E-state index contributed by atoms with van der Waals surface area (Å²) in [6, 6.07) is 7.64. The van der Waals surface area contributed by atoms with Gasteiger partial charge in [0.05, 0.1) is 7.11 Å². The first kappa shape index (κ1) is 14.6. The molecular formula is C12H9Cl3N2OS. The van der Waals surface area contributed by atoms with E-state index >= 15 is 0 Å². The van der Waals surface area contributed by atoms with Crippen LogP contribution in [0.25, 0.3) is 12.2 Å². The van der Waals surface area contributed by atoms with E-state index in [-0.39, 0.29) is 0 Å². The third-order valence-corrected chi connectivity index (χ3v) is 4.10. The predicted molar refractivity (Wildman–Crippen MR) is 81.1 cm³/mol. The maximum absolute atomic E-state index is 5.72. The van der Waals surface area contributed by atoms with Gasteiger partial charge in [-0.05, 0) is 23.8 Å². The smallest absolute Gasteiger partial charge is 0.243 e. The number of hydrogen-bond acceptors (Lipinski definition) is 4. The fourth-order valence-electron chi connectivity index (χ4n) is 1.30. The minimum atomic E-state index is -1.52. The largest absolute Gasteiger partial charge is 0.497 e. The van der Waals surface area contributed by atoms with Gasteiger partial charge in [-0.2, -0.15) is 0 Å². The Morgan fingerprint density at radius 2 is 1.79 bits per heavy atom. The van der Waals surface area contributed by atoms with Crippen LogP contribution in [-0.4, -0.2) is 17.3 Å². The summed E-state index contributed by atoms with van der Waals surface area (Å²) in [6.07, 6.45) is 3.72. The molecule has 1 heterocycles. The zero-order valence-electron chi connectivity index (χ0n) is 9.81. The molecule has 0 saturated heterocycles. The van der Waals surface area contributed by atoms with Gasteiger partial charge in [0, 0.05) is 0 Å². The Morgan fingerprint density at radius 1 is 1.11 bits per heavy atom. The van der Waals surface area contributed by atoms with E-state index in [2.05, 4.69) is 10.2 Å². The molecule has 3 nitrogen and oxygen atoms in total. The first-order chi connectivity index (χ1) is 8.99. The van der Waals surface area contributed by atoms with Gasteiger partial charge in [-0.3, -0.25) is 0 Å². The van der Waals surface area contributed by atoms with Crippen molar-refractivity contribution in [2.45, 2.75) is 3.79 Å². The lowest BCUT2D eigenvalue weighted by atomic mass is 10.2. The first-order valence-electron chi connectivity index (χ1n) is 5.22. The Kier molecular flexibility index (Phi) is 4.68. The molecule has 0 spiro atoms. The molecule has 0 unspecified atom stereocenters. The highest BCUT2D eigenvalue weighted by Crippen LogP contribution is 2.39. The van der Waals surface area contributed by atoms with Gasteiger partial charge in [-0.1, -0.05) is 64.3 Å². The van der Waals surface area contributed by atoms with E-state index in [0.717, 1.165) is 11.3 Å². The summed E-state index contributed by atoms with van der Waals surface area (Å²) < 4.78 is 3.56. The summed E-state index contributed by atoms with van der Waals surface area (Å²) in [5.41, 5.74) is 1.02. The quantitative estimate of drug-likeness (QED) is 0.772. The first-order valence-corrected chi connectivity index (χ1v) is 7.17. The minimum Gasteiger partial charge on any atom is -0.497 e. The molecule has 0 aliphatic rings. The molecule has 7 heteroatoms. The zero-order valence-corrected chi connectivity index (χ0v) is 12.9. The van der Waals surface area contributed by atoms with Crippen molar-refractivity contribution < 1.29 is 4.74 Å². The molecule has 2 aromatic rings. The molecule has 0 aliphatic heterocycles. The van der Waals surface area contributed by atoms with Crippen LogP contribution in [0.15, 0.2) is 24.3 Å². The van der Waals surface area contributed by atoms with E-state index in [1.165, 1.54) is 11.3 Å². The molecule has 1 aromatic carbocycles. The molecule has 2 rings (SSSR count). The van der Waals surface area contributed by atoms with Gasteiger partial charge in [-0.25, -0.2) is 0 Å². The third kappa shape index (κ3) is 4.08. The normalized spacial score (nSPS) is 12.0. The molecule has 0 atom stereocenters. The van der Waals surface area contributed by atoms with Crippen molar-refractivity contribution in [2.75, 3.05) is 7.11 Å². The molecule has 0 radical (unpaired) electrons. The number of hydrogen-bond donors (Lipinski definition) is 0. The Balaban J connectivity index is 2.11. The van der Waals surface area contributed by atoms with Gasteiger partial charge >= 0.3 is 0 Å². The molecule has 100 valence electrons. The maximum atomic E-state index is 5.72. The Bertz CT molecular complexity index is 575. The number of rotatable bonds is 3. The van der Waals surface area contributed by atoms with Gasteiger partial charge in [-0.15, -0.1) is 10.2 Å². The van der Waals surface area contributed by atoms with Crippen molar-refractivity contribution in [2.24, 2.45) is 0 Å². The van der Waals surface area contributed by atoms with Gasteiger partial charge in [0.25, 0.3) is 0 Å². The van der Waals surface area contributed by atoms with Crippen molar-refractivity contribution in [3.63, 3.8) is 0 Å². The fourth-order valence-corrected chi connectivity index (χ4v) is 2.37. The molecule has 0 fully saturated rings. The molecule has 1 aromatic heterocycles. The SMILES string of the molecule is COc1ccc(C=Cc2nnc(C(Cl)(Cl)Cl)s2)cc1. The third-order valence-electron chi connectivity index (χ3n) is 2.22. The summed E-state index contributed by atoms with van der Waals surface area (Å²) in [7, 11) is 1.63. The van der Waals surface area contributed by atoms with Crippen molar-refractivity contribution in [1.82, 2.24) is 10.2 Å². The molecule has 0 N–H and O–H groups in total. The second kappa shape index (κ2) is 6.09. The van der Waals surface area contributed by atoms with Gasteiger partial charge in [0.15, 0.2) is 5.01 Å². The fraction of sp³-hybridized carbons (Fsp3) is 0.167. The Morgan fingerprint density at radius 3 is 2.32 bits per heavy atom. The molecule has 0 saturated carbocycles. The molecule has 0 bridgehead atoms. The molecular weight excluding hydrogens is 327 g/mol. The highest BCUT2D eigenvalue weighted by Gasteiger charge is 2.27. The average Bonchev–Trinajstić information content (AvgIpc) is 2.86. The van der Waals surface area contributed by atoms with Crippen LogP contribution in [0.1, 0.15) is 15.6 Å². The number of methoxy groups -OCH3 is 1. The minimum absolute atomic E-state index is 0.354.